The van der Waals surface area contributed by atoms with Crippen LogP contribution in [0, 0.1) is 0 Å². The first kappa shape index (κ1) is 13.0. The summed E-state index contributed by atoms with van der Waals surface area (Å²) in [5, 5.41) is 3.64. The standard InChI is InChI=1S/C12H15NO4/c1-15-10-6-4-9(5-7-10)8-11(13-17-3)12(14)16-2/h4-7H,8H2,1-3H3. The Labute approximate surface area is 100.0 Å². The molecular formula is C12H15NO4. The third-order valence-electron chi connectivity index (χ3n) is 2.15. The van der Waals surface area contributed by atoms with Crippen LogP contribution in [-0.2, 0) is 20.8 Å². The van der Waals surface area contributed by atoms with Crippen LogP contribution in [0.25, 0.3) is 0 Å². The zero-order valence-electron chi connectivity index (χ0n) is 10.1. The molecule has 0 aromatic heterocycles. The van der Waals surface area contributed by atoms with Crippen molar-refractivity contribution in [2.24, 2.45) is 5.16 Å². The summed E-state index contributed by atoms with van der Waals surface area (Å²) in [4.78, 5) is 16.0. The molecule has 0 aliphatic rings. The third kappa shape index (κ3) is 3.79. The molecule has 0 aliphatic carbocycles. The molecule has 0 saturated carbocycles. The van der Waals surface area contributed by atoms with Gasteiger partial charge >= 0.3 is 5.97 Å². The number of carbonyl (C=O) groups excluding carboxylic acids is 1. The first-order valence-electron chi connectivity index (χ1n) is 5.02. The van der Waals surface area contributed by atoms with E-state index in [2.05, 4.69) is 14.7 Å². The van der Waals surface area contributed by atoms with Gasteiger partial charge < -0.3 is 14.3 Å². The Bertz CT molecular complexity index is 397. The van der Waals surface area contributed by atoms with Crippen molar-refractivity contribution in [3.63, 3.8) is 0 Å². The molecule has 0 saturated heterocycles. The van der Waals surface area contributed by atoms with Gasteiger partial charge in [-0.15, -0.1) is 0 Å². The number of esters is 1. The molecule has 0 aliphatic heterocycles. The highest BCUT2D eigenvalue weighted by atomic mass is 16.6. The van der Waals surface area contributed by atoms with Crippen LogP contribution in [0.1, 0.15) is 5.56 Å². The summed E-state index contributed by atoms with van der Waals surface area (Å²) in [5.74, 6) is 0.264. The van der Waals surface area contributed by atoms with Gasteiger partial charge in [-0.05, 0) is 17.7 Å². The van der Waals surface area contributed by atoms with Crippen LogP contribution in [0.4, 0.5) is 0 Å². The number of ether oxygens (including phenoxy) is 2. The molecule has 0 amide bonds. The smallest absolute Gasteiger partial charge is 0.356 e. The van der Waals surface area contributed by atoms with Gasteiger partial charge in [0.1, 0.15) is 12.9 Å². The maximum absolute atomic E-state index is 11.4. The number of hydrogen-bond acceptors (Lipinski definition) is 5. The molecule has 0 bridgehead atoms. The Morgan fingerprint density at radius 2 is 1.82 bits per heavy atom. The fourth-order valence-electron chi connectivity index (χ4n) is 1.31. The van der Waals surface area contributed by atoms with Crippen LogP contribution in [-0.4, -0.2) is 33.0 Å². The minimum Gasteiger partial charge on any atom is -0.497 e. The van der Waals surface area contributed by atoms with Gasteiger partial charge in [-0.25, -0.2) is 4.79 Å². The van der Waals surface area contributed by atoms with Gasteiger partial charge in [-0.3, -0.25) is 0 Å². The molecule has 17 heavy (non-hydrogen) atoms. The quantitative estimate of drug-likeness (QED) is 0.441. The van der Waals surface area contributed by atoms with Gasteiger partial charge in [0.15, 0.2) is 5.71 Å². The molecule has 0 atom stereocenters. The van der Waals surface area contributed by atoms with Crippen molar-refractivity contribution in [1.82, 2.24) is 0 Å². The second-order valence-electron chi connectivity index (χ2n) is 3.24. The molecule has 5 heteroatoms. The van der Waals surface area contributed by atoms with Crippen molar-refractivity contribution in [2.45, 2.75) is 6.42 Å². The van der Waals surface area contributed by atoms with E-state index in [1.54, 1.807) is 7.11 Å². The Balaban J connectivity index is 2.79. The number of hydrogen-bond donors (Lipinski definition) is 0. The van der Waals surface area contributed by atoms with Crippen LogP contribution in [0.2, 0.25) is 0 Å². The van der Waals surface area contributed by atoms with E-state index in [1.807, 2.05) is 24.3 Å². The maximum atomic E-state index is 11.4. The Kier molecular flexibility index (Phi) is 5.00. The van der Waals surface area contributed by atoms with Crippen molar-refractivity contribution >= 4 is 11.7 Å². The molecule has 92 valence electrons. The van der Waals surface area contributed by atoms with Crippen molar-refractivity contribution in [3.05, 3.63) is 29.8 Å². The van der Waals surface area contributed by atoms with E-state index in [1.165, 1.54) is 14.2 Å². The molecule has 0 heterocycles. The third-order valence-corrected chi connectivity index (χ3v) is 2.15. The molecule has 1 aromatic rings. The summed E-state index contributed by atoms with van der Waals surface area (Å²) in [5.41, 5.74) is 1.15. The van der Waals surface area contributed by atoms with Crippen molar-refractivity contribution in [2.75, 3.05) is 21.3 Å². The Morgan fingerprint density at radius 3 is 2.29 bits per heavy atom. The van der Waals surface area contributed by atoms with E-state index >= 15 is 0 Å². The highest BCUT2D eigenvalue weighted by Crippen LogP contribution is 2.12. The number of nitrogens with zero attached hydrogens (tertiary/aromatic N) is 1. The lowest BCUT2D eigenvalue weighted by molar-refractivity contribution is -0.133. The molecule has 0 radical (unpaired) electrons. The van der Waals surface area contributed by atoms with Gasteiger partial charge in [-0.2, -0.15) is 0 Å². The van der Waals surface area contributed by atoms with E-state index in [9.17, 15) is 4.79 Å². The average Bonchev–Trinajstić information content (AvgIpc) is 2.38. The molecule has 1 rings (SSSR count). The van der Waals surface area contributed by atoms with Gasteiger partial charge in [0.25, 0.3) is 0 Å². The van der Waals surface area contributed by atoms with Crippen LogP contribution in [0.3, 0.4) is 0 Å². The van der Waals surface area contributed by atoms with Crippen molar-refractivity contribution < 1.29 is 19.1 Å². The minimum absolute atomic E-state index is 0.222. The van der Waals surface area contributed by atoms with Gasteiger partial charge in [0.05, 0.1) is 14.2 Å². The number of methoxy groups -OCH3 is 2. The number of oxime groups is 1. The van der Waals surface area contributed by atoms with Gasteiger partial charge in [-0.1, -0.05) is 17.3 Å². The predicted molar refractivity (Wildman–Crippen MR) is 63.2 cm³/mol. The lowest BCUT2D eigenvalue weighted by Crippen LogP contribution is -2.18. The maximum Gasteiger partial charge on any atom is 0.356 e. The van der Waals surface area contributed by atoms with Crippen LogP contribution < -0.4 is 4.74 Å². The van der Waals surface area contributed by atoms with E-state index in [4.69, 9.17) is 4.74 Å². The number of rotatable bonds is 5. The van der Waals surface area contributed by atoms with Crippen LogP contribution in [0.5, 0.6) is 5.75 Å². The van der Waals surface area contributed by atoms with E-state index in [0.717, 1.165) is 11.3 Å². The molecule has 1 aromatic carbocycles. The van der Waals surface area contributed by atoms with E-state index in [0.29, 0.717) is 6.42 Å². The largest absolute Gasteiger partial charge is 0.497 e. The molecule has 0 spiro atoms. The normalized spacial score (nSPS) is 10.9. The first-order valence-corrected chi connectivity index (χ1v) is 5.02. The fraction of sp³-hybridized carbons (Fsp3) is 0.333. The fourth-order valence-corrected chi connectivity index (χ4v) is 1.31. The molecule has 0 unspecified atom stereocenters. The SMILES string of the molecule is CON=C(Cc1ccc(OC)cc1)C(=O)OC. The summed E-state index contributed by atoms with van der Waals surface area (Å²) < 4.78 is 9.65. The van der Waals surface area contributed by atoms with Crippen molar-refractivity contribution in [3.8, 4) is 5.75 Å². The lowest BCUT2D eigenvalue weighted by Gasteiger charge is -2.05. The van der Waals surface area contributed by atoms with E-state index < -0.39 is 5.97 Å². The summed E-state index contributed by atoms with van der Waals surface area (Å²) in [6.07, 6.45) is 0.352. The van der Waals surface area contributed by atoms with Crippen LogP contribution >= 0.6 is 0 Å². The van der Waals surface area contributed by atoms with Gasteiger partial charge in [0.2, 0.25) is 0 Å². The summed E-state index contributed by atoms with van der Waals surface area (Å²) in [7, 11) is 4.29. The number of carbonyl (C=O) groups is 1. The Hall–Kier alpha value is -2.04. The molecule has 0 N–H and O–H groups in total. The summed E-state index contributed by atoms with van der Waals surface area (Å²) in [6, 6.07) is 7.34. The Morgan fingerprint density at radius 1 is 1.18 bits per heavy atom. The minimum atomic E-state index is -0.498. The highest BCUT2D eigenvalue weighted by Gasteiger charge is 2.13. The van der Waals surface area contributed by atoms with E-state index in [-0.39, 0.29) is 5.71 Å². The summed E-state index contributed by atoms with van der Waals surface area (Å²) in [6.45, 7) is 0. The van der Waals surface area contributed by atoms with Crippen LogP contribution in [0.15, 0.2) is 29.4 Å². The highest BCUT2D eigenvalue weighted by molar-refractivity contribution is 6.36. The lowest BCUT2D eigenvalue weighted by atomic mass is 10.1. The second-order valence-corrected chi connectivity index (χ2v) is 3.24. The molecule has 0 fully saturated rings. The predicted octanol–water partition coefficient (Wildman–Crippen LogP) is 1.41. The first-order chi connectivity index (χ1) is 8.21. The second kappa shape index (κ2) is 6.52. The zero-order valence-corrected chi connectivity index (χ0v) is 10.1. The average molecular weight is 237 g/mol. The summed E-state index contributed by atoms with van der Waals surface area (Å²) >= 11 is 0. The van der Waals surface area contributed by atoms with Gasteiger partial charge in [0, 0.05) is 6.42 Å². The van der Waals surface area contributed by atoms with Crippen molar-refractivity contribution in [1.29, 1.82) is 0 Å². The zero-order chi connectivity index (χ0) is 12.7. The monoisotopic (exact) mass is 237 g/mol. The molecule has 5 nitrogen and oxygen atoms in total. The topological polar surface area (TPSA) is 57.1 Å². The molecular weight excluding hydrogens is 222 g/mol. The number of benzene rings is 1.